The van der Waals surface area contributed by atoms with E-state index in [4.69, 9.17) is 0 Å². The normalized spacial score (nSPS) is 11.9. The summed E-state index contributed by atoms with van der Waals surface area (Å²) in [6, 6.07) is 9.28. The van der Waals surface area contributed by atoms with E-state index in [0.29, 0.717) is 12.8 Å². The third-order valence-electron chi connectivity index (χ3n) is 3.10. The number of hydrogen-bond donors (Lipinski definition) is 1. The van der Waals surface area contributed by atoms with E-state index in [0.717, 1.165) is 24.9 Å². The SMILES string of the molecule is CCCCC(=O)[C@@H](CCC)C(=O)Nc1ccccc1. The van der Waals surface area contributed by atoms with Crippen LogP contribution in [0.3, 0.4) is 0 Å². The third-order valence-corrected chi connectivity index (χ3v) is 3.10. The molecule has 1 amide bonds. The Morgan fingerprint density at radius 3 is 2.37 bits per heavy atom. The molecule has 0 spiro atoms. The first-order valence-electron chi connectivity index (χ1n) is 7.07. The number of benzene rings is 1. The van der Waals surface area contributed by atoms with Gasteiger partial charge in [-0.3, -0.25) is 9.59 Å². The molecule has 0 bridgehead atoms. The van der Waals surface area contributed by atoms with E-state index in [-0.39, 0.29) is 11.7 Å². The number of carbonyl (C=O) groups is 2. The number of carbonyl (C=O) groups excluding carboxylic acids is 2. The van der Waals surface area contributed by atoms with Gasteiger partial charge >= 0.3 is 0 Å². The number of rotatable bonds is 8. The van der Waals surface area contributed by atoms with Crippen molar-refractivity contribution in [1.82, 2.24) is 0 Å². The molecule has 0 aliphatic rings. The minimum atomic E-state index is -0.503. The van der Waals surface area contributed by atoms with Crippen LogP contribution < -0.4 is 5.32 Å². The van der Waals surface area contributed by atoms with Crippen molar-refractivity contribution in [2.45, 2.75) is 46.0 Å². The van der Waals surface area contributed by atoms with Crippen LogP contribution in [-0.4, -0.2) is 11.7 Å². The number of amides is 1. The average Bonchev–Trinajstić information content (AvgIpc) is 2.43. The summed E-state index contributed by atoms with van der Waals surface area (Å²) in [5.74, 6) is -0.608. The molecule has 1 aromatic rings. The fraction of sp³-hybridized carbons (Fsp3) is 0.500. The molecular formula is C16H23NO2. The molecule has 1 aromatic carbocycles. The molecule has 0 aromatic heterocycles. The molecule has 0 fully saturated rings. The number of anilines is 1. The van der Waals surface area contributed by atoms with Gasteiger partial charge in [0.05, 0.1) is 5.92 Å². The van der Waals surface area contributed by atoms with E-state index in [1.165, 1.54) is 0 Å². The Morgan fingerprint density at radius 1 is 1.11 bits per heavy atom. The predicted octanol–water partition coefficient (Wildman–Crippen LogP) is 3.80. The third kappa shape index (κ3) is 5.25. The highest BCUT2D eigenvalue weighted by Gasteiger charge is 2.24. The molecule has 0 unspecified atom stereocenters. The van der Waals surface area contributed by atoms with Crippen LogP contribution in [0.1, 0.15) is 46.0 Å². The van der Waals surface area contributed by atoms with Crippen molar-refractivity contribution in [2.24, 2.45) is 5.92 Å². The van der Waals surface area contributed by atoms with Gasteiger partial charge in [0, 0.05) is 12.1 Å². The molecule has 3 nitrogen and oxygen atoms in total. The van der Waals surface area contributed by atoms with Gasteiger partial charge in [-0.2, -0.15) is 0 Å². The molecule has 1 rings (SSSR count). The molecule has 1 N–H and O–H groups in total. The van der Waals surface area contributed by atoms with Crippen LogP contribution in [0.25, 0.3) is 0 Å². The largest absolute Gasteiger partial charge is 0.325 e. The van der Waals surface area contributed by atoms with E-state index < -0.39 is 5.92 Å². The average molecular weight is 261 g/mol. The lowest BCUT2D eigenvalue weighted by molar-refractivity contribution is -0.131. The summed E-state index contributed by atoms with van der Waals surface area (Å²) in [6.45, 7) is 4.04. The summed E-state index contributed by atoms with van der Waals surface area (Å²) in [6.07, 6.45) is 3.80. The lowest BCUT2D eigenvalue weighted by atomic mass is 9.94. The standard InChI is InChI=1S/C16H23NO2/c1-3-5-12-15(18)14(9-4-2)16(19)17-13-10-7-6-8-11-13/h6-8,10-11,14H,3-5,9,12H2,1-2H3,(H,17,19)/t14-/m1/s1. The highest BCUT2D eigenvalue weighted by Crippen LogP contribution is 2.15. The molecular weight excluding hydrogens is 238 g/mol. The van der Waals surface area contributed by atoms with Crippen molar-refractivity contribution in [3.05, 3.63) is 30.3 Å². The van der Waals surface area contributed by atoms with Gasteiger partial charge in [0.15, 0.2) is 0 Å². The van der Waals surface area contributed by atoms with Gasteiger partial charge < -0.3 is 5.32 Å². The Kier molecular flexibility index (Phi) is 6.86. The summed E-state index contributed by atoms with van der Waals surface area (Å²) >= 11 is 0. The minimum absolute atomic E-state index is 0.0668. The van der Waals surface area contributed by atoms with Gasteiger partial charge in [-0.25, -0.2) is 0 Å². The zero-order valence-corrected chi connectivity index (χ0v) is 11.8. The van der Waals surface area contributed by atoms with Gasteiger partial charge in [0.25, 0.3) is 0 Å². The Labute approximate surface area is 115 Å². The zero-order valence-electron chi connectivity index (χ0n) is 11.8. The zero-order chi connectivity index (χ0) is 14.1. The molecule has 0 radical (unpaired) electrons. The van der Waals surface area contributed by atoms with Crippen molar-refractivity contribution in [3.63, 3.8) is 0 Å². The smallest absolute Gasteiger partial charge is 0.234 e. The van der Waals surface area contributed by atoms with Crippen LogP contribution in [-0.2, 0) is 9.59 Å². The summed E-state index contributed by atoms with van der Waals surface area (Å²) in [4.78, 5) is 24.2. The van der Waals surface area contributed by atoms with Crippen LogP contribution >= 0.6 is 0 Å². The lowest BCUT2D eigenvalue weighted by Crippen LogP contribution is -2.29. The molecule has 0 saturated heterocycles. The summed E-state index contributed by atoms with van der Waals surface area (Å²) < 4.78 is 0. The fourth-order valence-electron chi connectivity index (χ4n) is 2.00. The molecule has 19 heavy (non-hydrogen) atoms. The molecule has 0 heterocycles. The maximum atomic E-state index is 12.2. The van der Waals surface area contributed by atoms with E-state index in [1.807, 2.05) is 44.2 Å². The Hall–Kier alpha value is -1.64. The number of ketones is 1. The molecule has 3 heteroatoms. The topological polar surface area (TPSA) is 46.2 Å². The number of para-hydroxylation sites is 1. The Morgan fingerprint density at radius 2 is 1.79 bits per heavy atom. The van der Waals surface area contributed by atoms with Crippen molar-refractivity contribution < 1.29 is 9.59 Å². The van der Waals surface area contributed by atoms with Gasteiger partial charge in [-0.1, -0.05) is 44.9 Å². The summed E-state index contributed by atoms with van der Waals surface area (Å²) in [5, 5.41) is 2.82. The number of Topliss-reactive ketones (excluding diaryl/α,β-unsaturated/α-hetero) is 1. The van der Waals surface area contributed by atoms with Crippen LogP contribution in [0.15, 0.2) is 30.3 Å². The maximum Gasteiger partial charge on any atom is 0.234 e. The van der Waals surface area contributed by atoms with Gasteiger partial charge in [-0.15, -0.1) is 0 Å². The molecule has 0 saturated carbocycles. The van der Waals surface area contributed by atoms with Gasteiger partial charge in [0.2, 0.25) is 5.91 Å². The number of nitrogens with one attached hydrogen (secondary N) is 1. The molecule has 0 aliphatic carbocycles. The first-order valence-corrected chi connectivity index (χ1v) is 7.07. The Bertz CT molecular complexity index is 400. The second-order valence-electron chi connectivity index (χ2n) is 4.77. The monoisotopic (exact) mass is 261 g/mol. The summed E-state index contributed by atoms with van der Waals surface area (Å²) in [7, 11) is 0. The maximum absolute atomic E-state index is 12.2. The molecule has 0 aliphatic heterocycles. The summed E-state index contributed by atoms with van der Waals surface area (Å²) in [5.41, 5.74) is 0.747. The first kappa shape index (κ1) is 15.4. The first-order chi connectivity index (χ1) is 9.19. The second kappa shape index (κ2) is 8.46. The number of unbranched alkanes of at least 4 members (excludes halogenated alkanes) is 1. The lowest BCUT2D eigenvalue weighted by Gasteiger charge is -2.15. The van der Waals surface area contributed by atoms with Gasteiger partial charge in [0.1, 0.15) is 5.78 Å². The predicted molar refractivity (Wildman–Crippen MR) is 78.0 cm³/mol. The van der Waals surface area contributed by atoms with Crippen molar-refractivity contribution in [2.75, 3.05) is 5.32 Å². The van der Waals surface area contributed by atoms with Crippen molar-refractivity contribution in [1.29, 1.82) is 0 Å². The minimum Gasteiger partial charge on any atom is -0.325 e. The molecule has 104 valence electrons. The molecule has 1 atom stereocenters. The number of hydrogen-bond acceptors (Lipinski definition) is 2. The van der Waals surface area contributed by atoms with E-state index in [1.54, 1.807) is 0 Å². The van der Waals surface area contributed by atoms with E-state index in [9.17, 15) is 9.59 Å². The van der Waals surface area contributed by atoms with E-state index >= 15 is 0 Å². The van der Waals surface area contributed by atoms with Gasteiger partial charge in [-0.05, 0) is 25.0 Å². The van der Waals surface area contributed by atoms with Crippen LogP contribution in [0.5, 0.6) is 0 Å². The van der Waals surface area contributed by atoms with Crippen LogP contribution in [0.4, 0.5) is 5.69 Å². The van der Waals surface area contributed by atoms with Crippen LogP contribution in [0.2, 0.25) is 0 Å². The second-order valence-corrected chi connectivity index (χ2v) is 4.77. The van der Waals surface area contributed by atoms with Crippen molar-refractivity contribution >= 4 is 17.4 Å². The fourth-order valence-corrected chi connectivity index (χ4v) is 2.00. The highest BCUT2D eigenvalue weighted by molar-refractivity contribution is 6.07. The van der Waals surface area contributed by atoms with E-state index in [2.05, 4.69) is 5.32 Å². The van der Waals surface area contributed by atoms with Crippen LogP contribution in [0, 0.1) is 5.92 Å². The quantitative estimate of drug-likeness (QED) is 0.723. The Balaban J connectivity index is 2.64. The highest BCUT2D eigenvalue weighted by atomic mass is 16.2. The van der Waals surface area contributed by atoms with Crippen molar-refractivity contribution in [3.8, 4) is 0 Å².